The Morgan fingerprint density at radius 2 is 1.03 bits per heavy atom. The van der Waals surface area contributed by atoms with E-state index in [0.717, 1.165) is 11.4 Å². The van der Waals surface area contributed by atoms with Crippen molar-refractivity contribution < 1.29 is 0 Å². The van der Waals surface area contributed by atoms with Crippen LogP contribution in [-0.4, -0.2) is 0 Å². The summed E-state index contributed by atoms with van der Waals surface area (Å²) in [6.45, 7) is 7.09. The summed E-state index contributed by atoms with van der Waals surface area (Å²) in [5, 5.41) is 0. The SMILES string of the molecule is Cc1cccc2c1C(C)C(c1ccc(-c3ccc(N)cc3)cc1)C2(C)c1ccc(-c2ccc(N)cc2)cc1. The second kappa shape index (κ2) is 9.22. The predicted molar refractivity (Wildman–Crippen MR) is 161 cm³/mol. The molecule has 0 aromatic heterocycles. The van der Waals surface area contributed by atoms with Crippen LogP contribution in [0.1, 0.15) is 53.5 Å². The first kappa shape index (κ1) is 24.1. The highest BCUT2D eigenvalue weighted by atomic mass is 14.5. The van der Waals surface area contributed by atoms with Crippen LogP contribution in [0, 0.1) is 6.92 Å². The van der Waals surface area contributed by atoms with Gasteiger partial charge in [-0.1, -0.05) is 105 Å². The lowest BCUT2D eigenvalue weighted by molar-refractivity contribution is 0.442. The Bertz CT molecular complexity index is 1580. The zero-order valence-corrected chi connectivity index (χ0v) is 22.3. The normalized spacial score (nSPS) is 20.3. The molecule has 5 aromatic carbocycles. The van der Waals surface area contributed by atoms with Gasteiger partial charge in [0.25, 0.3) is 0 Å². The zero-order chi connectivity index (χ0) is 26.4. The number of benzene rings is 5. The Balaban J connectivity index is 1.44. The van der Waals surface area contributed by atoms with Crippen LogP contribution >= 0.6 is 0 Å². The molecule has 0 amide bonds. The van der Waals surface area contributed by atoms with Gasteiger partial charge in [0.05, 0.1) is 0 Å². The van der Waals surface area contributed by atoms with Gasteiger partial charge in [-0.05, 0) is 87.2 Å². The van der Waals surface area contributed by atoms with E-state index in [1.54, 1.807) is 0 Å². The van der Waals surface area contributed by atoms with E-state index in [4.69, 9.17) is 11.5 Å². The summed E-state index contributed by atoms with van der Waals surface area (Å²) in [6, 6.07) is 41.4. The molecule has 0 saturated carbocycles. The van der Waals surface area contributed by atoms with Crippen LogP contribution in [-0.2, 0) is 5.41 Å². The zero-order valence-electron chi connectivity index (χ0n) is 22.3. The summed E-state index contributed by atoms with van der Waals surface area (Å²) >= 11 is 0. The van der Waals surface area contributed by atoms with Crippen LogP contribution < -0.4 is 11.5 Å². The van der Waals surface area contributed by atoms with E-state index in [0.29, 0.717) is 11.8 Å². The fourth-order valence-electron chi connectivity index (χ4n) is 6.77. The summed E-state index contributed by atoms with van der Waals surface area (Å²) in [6.07, 6.45) is 0. The van der Waals surface area contributed by atoms with Crippen molar-refractivity contribution in [3.05, 3.63) is 143 Å². The number of nitrogens with two attached hydrogens (primary N) is 2. The standard InChI is InChI=1S/C36H34N2/c1-23-5-4-6-33-34(23)24(2)35(29-9-7-25(8-10-29)27-13-19-31(37)20-14-27)36(33,3)30-17-11-26(12-18-30)28-15-21-32(38)22-16-28/h4-22,24,35H,37-38H2,1-3H3. The van der Waals surface area contributed by atoms with E-state index in [9.17, 15) is 0 Å². The molecule has 0 spiro atoms. The number of hydrogen-bond acceptors (Lipinski definition) is 2. The van der Waals surface area contributed by atoms with Gasteiger partial charge in [0.2, 0.25) is 0 Å². The topological polar surface area (TPSA) is 52.0 Å². The Kier molecular flexibility index (Phi) is 5.84. The van der Waals surface area contributed by atoms with Crippen molar-refractivity contribution in [3.63, 3.8) is 0 Å². The van der Waals surface area contributed by atoms with Gasteiger partial charge in [-0.3, -0.25) is 0 Å². The van der Waals surface area contributed by atoms with Gasteiger partial charge >= 0.3 is 0 Å². The van der Waals surface area contributed by atoms with E-state index >= 15 is 0 Å². The molecule has 0 radical (unpaired) electrons. The highest BCUT2D eigenvalue weighted by molar-refractivity contribution is 5.68. The molecule has 6 rings (SSSR count). The Labute approximate surface area is 226 Å². The number of hydrogen-bond donors (Lipinski definition) is 2. The molecular weight excluding hydrogens is 460 g/mol. The quantitative estimate of drug-likeness (QED) is 0.246. The van der Waals surface area contributed by atoms with Crippen LogP contribution in [0.15, 0.2) is 115 Å². The second-order valence-electron chi connectivity index (χ2n) is 10.9. The lowest BCUT2D eigenvalue weighted by Gasteiger charge is -2.36. The fourth-order valence-corrected chi connectivity index (χ4v) is 6.77. The monoisotopic (exact) mass is 494 g/mol. The van der Waals surface area contributed by atoms with Crippen molar-refractivity contribution in [1.29, 1.82) is 0 Å². The summed E-state index contributed by atoms with van der Waals surface area (Å²) in [4.78, 5) is 0. The molecule has 0 bridgehead atoms. The number of aryl methyl sites for hydroxylation is 1. The summed E-state index contributed by atoms with van der Waals surface area (Å²) in [5.41, 5.74) is 25.1. The van der Waals surface area contributed by atoms with E-state index in [-0.39, 0.29) is 5.41 Å². The van der Waals surface area contributed by atoms with Gasteiger partial charge < -0.3 is 11.5 Å². The largest absolute Gasteiger partial charge is 0.399 e. The van der Waals surface area contributed by atoms with Crippen molar-refractivity contribution in [2.24, 2.45) is 0 Å². The lowest BCUT2D eigenvalue weighted by atomic mass is 9.67. The maximum atomic E-state index is 5.91. The summed E-state index contributed by atoms with van der Waals surface area (Å²) in [5.74, 6) is 0.719. The van der Waals surface area contributed by atoms with Crippen molar-refractivity contribution >= 4 is 11.4 Å². The first-order valence-electron chi connectivity index (χ1n) is 13.4. The van der Waals surface area contributed by atoms with E-state index in [1.807, 2.05) is 24.3 Å². The molecule has 0 fully saturated rings. The van der Waals surface area contributed by atoms with E-state index in [2.05, 4.69) is 112 Å². The molecule has 38 heavy (non-hydrogen) atoms. The van der Waals surface area contributed by atoms with Crippen LogP contribution in [0.25, 0.3) is 22.3 Å². The minimum atomic E-state index is -0.150. The average molecular weight is 495 g/mol. The molecule has 3 atom stereocenters. The first-order chi connectivity index (χ1) is 18.4. The van der Waals surface area contributed by atoms with E-state index in [1.165, 1.54) is 50.1 Å². The number of fused-ring (bicyclic) bond motifs is 1. The maximum Gasteiger partial charge on any atom is 0.0314 e. The third-order valence-electron chi connectivity index (χ3n) is 8.70. The van der Waals surface area contributed by atoms with Gasteiger partial charge in [-0.2, -0.15) is 0 Å². The summed E-state index contributed by atoms with van der Waals surface area (Å²) in [7, 11) is 0. The first-order valence-corrected chi connectivity index (χ1v) is 13.4. The highest BCUT2D eigenvalue weighted by Gasteiger charge is 2.49. The number of anilines is 2. The van der Waals surface area contributed by atoms with Gasteiger partial charge in [-0.15, -0.1) is 0 Å². The molecule has 4 N–H and O–H groups in total. The minimum Gasteiger partial charge on any atom is -0.399 e. The molecular formula is C36H34N2. The summed E-state index contributed by atoms with van der Waals surface area (Å²) < 4.78 is 0. The Morgan fingerprint density at radius 3 is 1.53 bits per heavy atom. The molecule has 188 valence electrons. The maximum absolute atomic E-state index is 5.91. The van der Waals surface area contributed by atoms with Gasteiger partial charge in [0.15, 0.2) is 0 Å². The lowest BCUT2D eigenvalue weighted by Crippen LogP contribution is -2.29. The fraction of sp³-hybridized carbons (Fsp3) is 0.167. The third kappa shape index (κ3) is 3.88. The molecule has 3 unspecified atom stereocenters. The molecule has 2 heteroatoms. The average Bonchev–Trinajstić information content (AvgIpc) is 3.18. The molecule has 1 aliphatic carbocycles. The van der Waals surface area contributed by atoms with Gasteiger partial charge in [-0.25, -0.2) is 0 Å². The van der Waals surface area contributed by atoms with Gasteiger partial charge in [0.1, 0.15) is 0 Å². The minimum absolute atomic E-state index is 0.150. The number of rotatable bonds is 4. The van der Waals surface area contributed by atoms with Crippen LogP contribution in [0.3, 0.4) is 0 Å². The van der Waals surface area contributed by atoms with Gasteiger partial charge in [0, 0.05) is 22.7 Å². The van der Waals surface area contributed by atoms with Crippen molar-refractivity contribution in [2.75, 3.05) is 11.5 Å². The Morgan fingerprint density at radius 1 is 0.579 bits per heavy atom. The smallest absolute Gasteiger partial charge is 0.0314 e. The van der Waals surface area contributed by atoms with Crippen molar-refractivity contribution in [1.82, 2.24) is 0 Å². The molecule has 2 nitrogen and oxygen atoms in total. The predicted octanol–water partition coefficient (Wildman–Crippen LogP) is 8.70. The highest BCUT2D eigenvalue weighted by Crippen LogP contribution is 2.59. The van der Waals surface area contributed by atoms with Crippen LogP contribution in [0.5, 0.6) is 0 Å². The van der Waals surface area contributed by atoms with E-state index < -0.39 is 0 Å². The molecule has 1 aliphatic rings. The Hall–Kier alpha value is -4.30. The second-order valence-corrected chi connectivity index (χ2v) is 10.9. The molecule has 0 aliphatic heterocycles. The molecule has 0 heterocycles. The van der Waals surface area contributed by atoms with Crippen molar-refractivity contribution in [2.45, 2.75) is 38.0 Å². The molecule has 5 aromatic rings. The molecule has 0 saturated heterocycles. The van der Waals surface area contributed by atoms with Crippen molar-refractivity contribution in [3.8, 4) is 22.3 Å². The van der Waals surface area contributed by atoms with Crippen LogP contribution in [0.2, 0.25) is 0 Å². The van der Waals surface area contributed by atoms with Crippen LogP contribution in [0.4, 0.5) is 11.4 Å². The number of nitrogen functional groups attached to an aromatic ring is 2. The third-order valence-corrected chi connectivity index (χ3v) is 8.70.